The number of likely N-dealkylation sites (N-methyl/N-ethyl adjacent to an activating group) is 1. The highest BCUT2D eigenvalue weighted by Gasteiger charge is 2.32. The van der Waals surface area contributed by atoms with Gasteiger partial charge in [-0.3, -0.25) is 4.79 Å². The van der Waals surface area contributed by atoms with Crippen molar-refractivity contribution < 1.29 is 9.00 Å². The summed E-state index contributed by atoms with van der Waals surface area (Å²) in [7, 11) is -1.02. The molecule has 4 nitrogen and oxygen atoms in total. The van der Waals surface area contributed by atoms with Crippen LogP contribution < -0.4 is 5.32 Å². The minimum absolute atomic E-state index is 0.0275. The number of amides is 1. The normalized spacial score (nSPS) is 27.5. The van der Waals surface area contributed by atoms with E-state index >= 15 is 0 Å². The molecule has 0 aromatic carbocycles. The summed E-state index contributed by atoms with van der Waals surface area (Å²) in [5.74, 6) is 0.639. The topological polar surface area (TPSA) is 49.4 Å². The van der Waals surface area contributed by atoms with Gasteiger partial charge in [0.1, 0.15) is 6.04 Å². The van der Waals surface area contributed by atoms with E-state index in [2.05, 4.69) is 11.4 Å². The molecule has 0 spiro atoms. The first-order valence-corrected chi connectivity index (χ1v) is 9.17. The fraction of sp³-hybridized carbons (Fsp3) is 0.667. The van der Waals surface area contributed by atoms with Crippen molar-refractivity contribution in [2.75, 3.05) is 18.8 Å². The van der Waals surface area contributed by atoms with Gasteiger partial charge in [0.05, 0.1) is 11.0 Å². The Kier molecular flexibility index (Phi) is 6.02. The summed E-state index contributed by atoms with van der Waals surface area (Å²) < 4.78 is 13.8. The standard InChI is InChI=1S/C15H23ClN2O2S/c1-3-18-14(8-5-9-21(18)20)15(19)17-10-12-6-4-7-13(16)11(12)2/h6,14H,3-5,7-10H2,1-2H3,(H,17,19). The maximum absolute atomic E-state index is 12.4. The fourth-order valence-electron chi connectivity index (χ4n) is 2.82. The molecular weight excluding hydrogens is 308 g/mol. The number of carbonyl (C=O) groups is 1. The van der Waals surface area contributed by atoms with Crippen LogP contribution in [-0.4, -0.2) is 39.3 Å². The summed E-state index contributed by atoms with van der Waals surface area (Å²) in [6.07, 6.45) is 5.57. The number of carbonyl (C=O) groups excluding carboxylic acids is 1. The van der Waals surface area contributed by atoms with Gasteiger partial charge >= 0.3 is 0 Å². The largest absolute Gasteiger partial charge is 0.351 e. The van der Waals surface area contributed by atoms with Gasteiger partial charge in [0, 0.05) is 23.9 Å². The SMILES string of the molecule is CCN1C(C(=O)NCC2=CCCC(Cl)=C2C)CCCS1=O. The Morgan fingerprint density at radius 2 is 2.33 bits per heavy atom. The van der Waals surface area contributed by atoms with Gasteiger partial charge in [0.25, 0.3) is 0 Å². The van der Waals surface area contributed by atoms with Crippen molar-refractivity contribution in [3.05, 3.63) is 22.3 Å². The van der Waals surface area contributed by atoms with Crippen molar-refractivity contribution in [2.24, 2.45) is 0 Å². The second-order valence-electron chi connectivity index (χ2n) is 5.43. The highest BCUT2D eigenvalue weighted by Crippen LogP contribution is 2.27. The zero-order valence-corrected chi connectivity index (χ0v) is 14.2. The molecule has 1 aliphatic carbocycles. The summed E-state index contributed by atoms with van der Waals surface area (Å²) in [6, 6.07) is -0.270. The van der Waals surface area contributed by atoms with E-state index in [4.69, 9.17) is 11.6 Å². The lowest BCUT2D eigenvalue weighted by Gasteiger charge is -2.32. The molecule has 2 aliphatic rings. The number of allylic oxidation sites excluding steroid dienone is 2. The third-order valence-electron chi connectivity index (χ3n) is 4.12. The van der Waals surface area contributed by atoms with Gasteiger partial charge in [-0.2, -0.15) is 0 Å². The Bertz CT molecular complexity index is 502. The molecule has 0 bridgehead atoms. The third-order valence-corrected chi connectivity index (χ3v) is 6.26. The zero-order chi connectivity index (χ0) is 15.4. The predicted octanol–water partition coefficient (Wildman–Crippen LogP) is 2.48. The molecule has 2 unspecified atom stereocenters. The maximum atomic E-state index is 12.4. The van der Waals surface area contributed by atoms with Crippen molar-refractivity contribution in [1.29, 1.82) is 0 Å². The number of nitrogens with one attached hydrogen (secondary N) is 1. The van der Waals surface area contributed by atoms with Crippen molar-refractivity contribution in [3.63, 3.8) is 0 Å². The summed E-state index contributed by atoms with van der Waals surface area (Å²) in [4.78, 5) is 12.4. The smallest absolute Gasteiger partial charge is 0.238 e. The second kappa shape index (κ2) is 7.56. The number of hydrogen-bond acceptors (Lipinski definition) is 2. The molecule has 1 amide bonds. The lowest BCUT2D eigenvalue weighted by Crippen LogP contribution is -2.50. The molecule has 1 heterocycles. The Morgan fingerprint density at radius 1 is 1.57 bits per heavy atom. The van der Waals surface area contributed by atoms with Crippen LogP contribution >= 0.6 is 11.6 Å². The minimum Gasteiger partial charge on any atom is -0.351 e. The summed E-state index contributed by atoms with van der Waals surface area (Å²) in [6.45, 7) is 5.08. The lowest BCUT2D eigenvalue weighted by molar-refractivity contribution is -0.124. The number of halogens is 1. The van der Waals surface area contributed by atoms with E-state index in [0.29, 0.717) is 18.8 Å². The number of rotatable bonds is 4. The van der Waals surface area contributed by atoms with E-state index < -0.39 is 11.0 Å². The first kappa shape index (κ1) is 16.7. The van der Waals surface area contributed by atoms with Crippen molar-refractivity contribution >= 4 is 28.5 Å². The summed E-state index contributed by atoms with van der Waals surface area (Å²) in [5, 5.41) is 3.87. The molecule has 2 rings (SSSR count). The highest BCUT2D eigenvalue weighted by atomic mass is 35.5. The van der Waals surface area contributed by atoms with Gasteiger partial charge in [-0.1, -0.05) is 24.6 Å². The third kappa shape index (κ3) is 3.96. The quantitative estimate of drug-likeness (QED) is 0.861. The van der Waals surface area contributed by atoms with E-state index in [-0.39, 0.29) is 11.9 Å². The molecule has 1 aliphatic heterocycles. The second-order valence-corrected chi connectivity index (χ2v) is 7.41. The Labute approximate surface area is 134 Å². The lowest BCUT2D eigenvalue weighted by atomic mass is 9.98. The molecule has 1 fully saturated rings. The summed E-state index contributed by atoms with van der Waals surface area (Å²) in [5.41, 5.74) is 2.17. The first-order chi connectivity index (χ1) is 10.0. The molecule has 0 aromatic heterocycles. The van der Waals surface area contributed by atoms with E-state index in [9.17, 15) is 9.00 Å². The molecule has 1 saturated heterocycles. The van der Waals surface area contributed by atoms with Crippen molar-refractivity contribution in [1.82, 2.24) is 9.62 Å². The van der Waals surface area contributed by atoms with Crippen LogP contribution in [0, 0.1) is 0 Å². The van der Waals surface area contributed by atoms with Crippen LogP contribution in [0.25, 0.3) is 0 Å². The highest BCUT2D eigenvalue weighted by molar-refractivity contribution is 7.82. The zero-order valence-electron chi connectivity index (χ0n) is 12.7. The molecule has 0 aromatic rings. The van der Waals surface area contributed by atoms with E-state index in [1.807, 2.05) is 13.8 Å². The van der Waals surface area contributed by atoms with Crippen LogP contribution in [0.2, 0.25) is 0 Å². The number of hydrogen-bond donors (Lipinski definition) is 1. The van der Waals surface area contributed by atoms with Crippen molar-refractivity contribution in [3.8, 4) is 0 Å². The van der Waals surface area contributed by atoms with Crippen molar-refractivity contribution in [2.45, 2.75) is 45.6 Å². The number of nitrogens with zero attached hydrogens (tertiary/aromatic N) is 1. The molecule has 6 heteroatoms. The Morgan fingerprint density at radius 3 is 3.05 bits per heavy atom. The summed E-state index contributed by atoms with van der Waals surface area (Å²) >= 11 is 6.17. The molecule has 2 atom stereocenters. The van der Waals surface area contributed by atoms with Crippen LogP contribution in [0.4, 0.5) is 0 Å². The fourth-order valence-corrected chi connectivity index (χ4v) is 4.47. The Hall–Kier alpha value is -0.650. The first-order valence-electron chi connectivity index (χ1n) is 7.52. The van der Waals surface area contributed by atoms with Crippen LogP contribution in [0.1, 0.15) is 39.5 Å². The average molecular weight is 331 g/mol. The van der Waals surface area contributed by atoms with Gasteiger partial charge in [-0.05, 0) is 43.8 Å². The molecule has 0 radical (unpaired) electrons. The van der Waals surface area contributed by atoms with Gasteiger partial charge in [-0.15, -0.1) is 0 Å². The molecular formula is C15H23ClN2O2S. The molecule has 118 valence electrons. The van der Waals surface area contributed by atoms with Crippen LogP contribution in [-0.2, 0) is 15.8 Å². The monoisotopic (exact) mass is 330 g/mol. The van der Waals surface area contributed by atoms with Gasteiger partial charge in [0.15, 0.2) is 0 Å². The van der Waals surface area contributed by atoms with Gasteiger partial charge in [-0.25, -0.2) is 8.51 Å². The maximum Gasteiger partial charge on any atom is 0.238 e. The predicted molar refractivity (Wildman–Crippen MR) is 87.3 cm³/mol. The van der Waals surface area contributed by atoms with E-state index in [0.717, 1.165) is 41.9 Å². The molecule has 1 N–H and O–H groups in total. The minimum atomic E-state index is -1.02. The van der Waals surface area contributed by atoms with E-state index in [1.165, 1.54) is 0 Å². The Balaban J connectivity index is 1.95. The van der Waals surface area contributed by atoms with Crippen LogP contribution in [0.15, 0.2) is 22.3 Å². The van der Waals surface area contributed by atoms with Crippen LogP contribution in [0.3, 0.4) is 0 Å². The molecule has 0 saturated carbocycles. The molecule has 21 heavy (non-hydrogen) atoms. The van der Waals surface area contributed by atoms with Gasteiger partial charge < -0.3 is 5.32 Å². The average Bonchev–Trinajstić information content (AvgIpc) is 2.48. The van der Waals surface area contributed by atoms with E-state index in [1.54, 1.807) is 4.31 Å². The van der Waals surface area contributed by atoms with Gasteiger partial charge in [0.2, 0.25) is 5.91 Å². The van der Waals surface area contributed by atoms with Crippen LogP contribution in [0.5, 0.6) is 0 Å².